The van der Waals surface area contributed by atoms with Gasteiger partial charge in [-0.15, -0.1) is 17.9 Å². The Morgan fingerprint density at radius 1 is 1.39 bits per heavy atom. The number of nitrogens with zero attached hydrogens (tertiary/aromatic N) is 1. The first-order chi connectivity index (χ1) is 8.88. The molecule has 0 aromatic carbocycles. The van der Waals surface area contributed by atoms with Gasteiger partial charge in [-0.05, 0) is 49.6 Å². The van der Waals surface area contributed by atoms with Crippen molar-refractivity contribution in [1.29, 1.82) is 0 Å². The van der Waals surface area contributed by atoms with Gasteiger partial charge in [-0.1, -0.05) is 18.6 Å². The van der Waals surface area contributed by atoms with E-state index in [0.717, 1.165) is 5.92 Å². The van der Waals surface area contributed by atoms with Crippen LogP contribution in [0, 0.1) is 5.92 Å². The highest BCUT2D eigenvalue weighted by atomic mass is 32.1. The van der Waals surface area contributed by atoms with Gasteiger partial charge < -0.3 is 0 Å². The summed E-state index contributed by atoms with van der Waals surface area (Å²) in [4.78, 5) is 4.26. The van der Waals surface area contributed by atoms with Crippen LogP contribution < -0.4 is 0 Å². The minimum Gasteiger partial charge on any atom is -0.299 e. The third kappa shape index (κ3) is 2.70. The third-order valence-electron chi connectivity index (χ3n) is 4.39. The summed E-state index contributed by atoms with van der Waals surface area (Å²) >= 11 is 1.89. The summed E-state index contributed by atoms with van der Waals surface area (Å²) in [5, 5.41) is 2.19. The maximum Gasteiger partial charge on any atom is 0.0266 e. The third-order valence-corrected chi connectivity index (χ3v) is 5.37. The first-order valence-electron chi connectivity index (χ1n) is 7.28. The standard InChI is InChI=1S/C16H23NS/c1-2-14(16-7-5-11-18-16)15-6-3-4-10-17(15)12-13-8-9-13/h2,5,7,11,13-15H,1,3-4,6,8-10,12H2. The van der Waals surface area contributed by atoms with Crippen molar-refractivity contribution in [3.05, 3.63) is 35.0 Å². The van der Waals surface area contributed by atoms with Gasteiger partial charge in [0.05, 0.1) is 0 Å². The van der Waals surface area contributed by atoms with E-state index in [1.165, 1.54) is 50.1 Å². The van der Waals surface area contributed by atoms with Crippen LogP contribution in [0.3, 0.4) is 0 Å². The zero-order valence-corrected chi connectivity index (χ0v) is 11.9. The van der Waals surface area contributed by atoms with Crippen molar-refractivity contribution in [2.24, 2.45) is 5.92 Å². The highest BCUT2D eigenvalue weighted by molar-refractivity contribution is 7.10. The number of thiophene rings is 1. The molecule has 1 aromatic heterocycles. The Hall–Kier alpha value is -0.600. The molecule has 0 bridgehead atoms. The monoisotopic (exact) mass is 261 g/mol. The number of hydrogen-bond acceptors (Lipinski definition) is 2. The minimum absolute atomic E-state index is 0.545. The Labute approximate surface area is 115 Å². The Morgan fingerprint density at radius 2 is 2.28 bits per heavy atom. The van der Waals surface area contributed by atoms with Crippen LogP contribution in [0.5, 0.6) is 0 Å². The molecule has 2 heteroatoms. The molecule has 2 fully saturated rings. The topological polar surface area (TPSA) is 3.24 Å². The molecule has 3 rings (SSSR count). The van der Waals surface area contributed by atoms with Gasteiger partial charge in [-0.25, -0.2) is 0 Å². The summed E-state index contributed by atoms with van der Waals surface area (Å²) in [6.45, 7) is 6.74. The van der Waals surface area contributed by atoms with E-state index in [1.54, 1.807) is 0 Å². The molecule has 2 aliphatic rings. The summed E-state index contributed by atoms with van der Waals surface area (Å²) < 4.78 is 0. The molecule has 98 valence electrons. The molecule has 1 aliphatic heterocycles. The van der Waals surface area contributed by atoms with Crippen molar-refractivity contribution >= 4 is 11.3 Å². The minimum atomic E-state index is 0.545. The summed E-state index contributed by atoms with van der Waals surface area (Å²) in [7, 11) is 0. The van der Waals surface area contributed by atoms with E-state index >= 15 is 0 Å². The summed E-state index contributed by atoms with van der Waals surface area (Å²) in [6.07, 6.45) is 9.23. The summed E-state index contributed by atoms with van der Waals surface area (Å²) in [6, 6.07) is 5.15. The molecule has 0 N–H and O–H groups in total. The van der Waals surface area contributed by atoms with E-state index in [1.807, 2.05) is 11.3 Å². The Balaban J connectivity index is 1.74. The van der Waals surface area contributed by atoms with Gasteiger partial charge in [0.15, 0.2) is 0 Å². The zero-order valence-electron chi connectivity index (χ0n) is 11.1. The summed E-state index contributed by atoms with van der Waals surface area (Å²) in [5.41, 5.74) is 0. The van der Waals surface area contributed by atoms with E-state index in [9.17, 15) is 0 Å². The molecule has 0 amide bonds. The van der Waals surface area contributed by atoms with E-state index < -0.39 is 0 Å². The fourth-order valence-electron chi connectivity index (χ4n) is 3.23. The number of hydrogen-bond donors (Lipinski definition) is 0. The Morgan fingerprint density at radius 3 is 2.94 bits per heavy atom. The second-order valence-electron chi connectivity index (χ2n) is 5.78. The second kappa shape index (κ2) is 5.58. The van der Waals surface area contributed by atoms with Crippen LogP contribution in [-0.2, 0) is 0 Å². The van der Waals surface area contributed by atoms with Crippen LogP contribution in [0.1, 0.15) is 42.9 Å². The van der Waals surface area contributed by atoms with Crippen molar-refractivity contribution in [2.45, 2.75) is 44.1 Å². The normalized spacial score (nSPS) is 27.0. The molecule has 2 heterocycles. The molecule has 0 spiro atoms. The number of piperidine rings is 1. The lowest BCUT2D eigenvalue weighted by molar-refractivity contribution is 0.131. The molecule has 2 atom stereocenters. The van der Waals surface area contributed by atoms with Crippen LogP contribution in [0.15, 0.2) is 30.2 Å². The highest BCUT2D eigenvalue weighted by Gasteiger charge is 2.33. The Bertz CT molecular complexity index is 380. The van der Waals surface area contributed by atoms with Crippen molar-refractivity contribution in [3.63, 3.8) is 0 Å². The van der Waals surface area contributed by atoms with Gasteiger partial charge in [0.1, 0.15) is 0 Å². The Kier molecular flexibility index (Phi) is 3.86. The molecule has 2 unspecified atom stereocenters. The van der Waals surface area contributed by atoms with Crippen LogP contribution in [0.25, 0.3) is 0 Å². The molecular weight excluding hydrogens is 238 g/mol. The van der Waals surface area contributed by atoms with Gasteiger partial charge in [0, 0.05) is 23.4 Å². The van der Waals surface area contributed by atoms with Crippen LogP contribution in [0.2, 0.25) is 0 Å². The van der Waals surface area contributed by atoms with Gasteiger partial charge >= 0.3 is 0 Å². The quantitative estimate of drug-likeness (QED) is 0.715. The van der Waals surface area contributed by atoms with Crippen LogP contribution >= 0.6 is 11.3 Å². The predicted molar refractivity (Wildman–Crippen MR) is 79.2 cm³/mol. The average molecular weight is 261 g/mol. The molecule has 1 nitrogen and oxygen atoms in total. The molecule has 1 aromatic rings. The maximum atomic E-state index is 4.10. The number of likely N-dealkylation sites (tertiary alicyclic amines) is 1. The predicted octanol–water partition coefficient (Wildman–Crippen LogP) is 4.28. The van der Waals surface area contributed by atoms with E-state index in [4.69, 9.17) is 0 Å². The first kappa shape index (κ1) is 12.4. The SMILES string of the molecule is C=CC(c1cccs1)C1CCCCN1CC1CC1. The van der Waals surface area contributed by atoms with Crippen molar-refractivity contribution in [1.82, 2.24) is 4.90 Å². The van der Waals surface area contributed by atoms with Gasteiger partial charge in [-0.3, -0.25) is 4.90 Å². The fraction of sp³-hybridized carbons (Fsp3) is 0.625. The highest BCUT2D eigenvalue weighted by Crippen LogP contribution is 2.37. The first-order valence-corrected chi connectivity index (χ1v) is 8.16. The maximum absolute atomic E-state index is 4.10. The lowest BCUT2D eigenvalue weighted by Gasteiger charge is -2.39. The van der Waals surface area contributed by atoms with E-state index in [0.29, 0.717) is 12.0 Å². The number of rotatable bonds is 5. The molecule has 0 radical (unpaired) electrons. The average Bonchev–Trinajstić information content (AvgIpc) is 3.05. The van der Waals surface area contributed by atoms with E-state index in [-0.39, 0.29) is 0 Å². The lowest BCUT2D eigenvalue weighted by atomic mass is 9.89. The molecular formula is C16H23NS. The summed E-state index contributed by atoms with van der Waals surface area (Å²) in [5.74, 6) is 1.54. The molecule has 18 heavy (non-hydrogen) atoms. The second-order valence-corrected chi connectivity index (χ2v) is 6.76. The van der Waals surface area contributed by atoms with Crippen molar-refractivity contribution in [2.75, 3.05) is 13.1 Å². The van der Waals surface area contributed by atoms with Gasteiger partial charge in [0.25, 0.3) is 0 Å². The zero-order chi connectivity index (χ0) is 12.4. The fourth-order valence-corrected chi connectivity index (χ4v) is 4.11. The lowest BCUT2D eigenvalue weighted by Crippen LogP contribution is -2.43. The van der Waals surface area contributed by atoms with Gasteiger partial charge in [0.2, 0.25) is 0 Å². The molecule has 1 saturated carbocycles. The van der Waals surface area contributed by atoms with Crippen LogP contribution in [0.4, 0.5) is 0 Å². The van der Waals surface area contributed by atoms with E-state index in [2.05, 4.69) is 35.1 Å². The largest absolute Gasteiger partial charge is 0.299 e. The van der Waals surface area contributed by atoms with Gasteiger partial charge in [-0.2, -0.15) is 0 Å². The van der Waals surface area contributed by atoms with Crippen LogP contribution in [-0.4, -0.2) is 24.0 Å². The van der Waals surface area contributed by atoms with Crippen molar-refractivity contribution in [3.8, 4) is 0 Å². The molecule has 1 aliphatic carbocycles. The smallest absolute Gasteiger partial charge is 0.0266 e. The molecule has 1 saturated heterocycles. The van der Waals surface area contributed by atoms with Crippen molar-refractivity contribution < 1.29 is 0 Å².